The maximum absolute atomic E-state index is 12.9. The van der Waals surface area contributed by atoms with E-state index in [9.17, 15) is 24.0 Å². The summed E-state index contributed by atoms with van der Waals surface area (Å²) in [5.74, 6) is -2.71. The van der Waals surface area contributed by atoms with Gasteiger partial charge in [0.2, 0.25) is 11.8 Å². The molecule has 5 rings (SSSR count). The Morgan fingerprint density at radius 3 is 2.00 bits per heavy atom. The first-order chi connectivity index (χ1) is 22.5. The number of para-hydroxylation sites is 1. The van der Waals surface area contributed by atoms with Crippen LogP contribution in [0.25, 0.3) is 22.0 Å². The first-order valence-corrected chi connectivity index (χ1v) is 15.6. The number of carbonyl (C=O) groups is 5. The fraction of sp³-hybridized carbons (Fsp3) is 0.306. The number of amides is 3. The van der Waals surface area contributed by atoms with Crippen molar-refractivity contribution in [3.8, 4) is 16.9 Å². The molecule has 4 atom stereocenters. The molecule has 0 saturated heterocycles. The van der Waals surface area contributed by atoms with Gasteiger partial charge < -0.3 is 30.4 Å². The van der Waals surface area contributed by atoms with E-state index in [1.165, 1.54) is 20.8 Å². The summed E-state index contributed by atoms with van der Waals surface area (Å²) in [5, 5.41) is 8.40. The molecule has 11 heteroatoms. The number of nitrogens with one attached hydrogen (secondary N) is 4. The number of carbonyl (C=O) groups excluding carboxylic acids is 5. The molecule has 1 aliphatic carbocycles. The van der Waals surface area contributed by atoms with E-state index in [-0.39, 0.29) is 24.7 Å². The summed E-state index contributed by atoms with van der Waals surface area (Å²) in [6, 6.07) is 20.4. The summed E-state index contributed by atoms with van der Waals surface area (Å²) in [4.78, 5) is 66.6. The third-order valence-electron chi connectivity index (χ3n) is 8.34. The van der Waals surface area contributed by atoms with Crippen LogP contribution in [0.5, 0.6) is 5.75 Å². The largest absolute Gasteiger partial charge is 0.449 e. The second-order valence-electron chi connectivity index (χ2n) is 11.8. The lowest BCUT2D eigenvalue weighted by molar-refractivity contribution is -0.139. The van der Waals surface area contributed by atoms with E-state index in [2.05, 4.69) is 20.9 Å². The zero-order chi connectivity index (χ0) is 33.7. The molecule has 11 nitrogen and oxygen atoms in total. The van der Waals surface area contributed by atoms with Crippen molar-refractivity contribution < 1.29 is 33.4 Å². The number of hydrogen-bond acceptors (Lipinski definition) is 7. The fourth-order valence-corrected chi connectivity index (χ4v) is 5.61. The lowest BCUT2D eigenvalue weighted by Gasteiger charge is -2.20. The number of H-pyrrole nitrogens is 1. The number of alkyl carbamates (subject to hydrolysis) is 1. The normalized spacial score (nSPS) is 14.6. The molecule has 244 valence electrons. The molecule has 1 heterocycles. The Bertz CT molecular complexity index is 1770. The van der Waals surface area contributed by atoms with E-state index < -0.39 is 47.9 Å². The lowest BCUT2D eigenvalue weighted by Crippen LogP contribution is -2.51. The Labute approximate surface area is 272 Å². The van der Waals surface area contributed by atoms with Crippen molar-refractivity contribution in [3.05, 3.63) is 90.1 Å². The molecule has 0 aliphatic heterocycles. The topological polar surface area (TPSA) is 156 Å². The van der Waals surface area contributed by atoms with E-state index in [0.29, 0.717) is 5.75 Å². The standard InChI is InChI=1S/C36H38N4O7/c1-20(33(42)38-22(3)34(43)39-23(4)35(44)47-32-18-37-30-16-10-9-15-28(30)32)17-31(41)21(2)40-36(45)46-19-29-26-13-7-5-11-24(26)25-12-6-8-14-27(25)29/h5-16,18,20-23,29,37H,17,19H2,1-4H3,(H,38,42)(H,39,43)(H,40,45)/t20-,21+,22+,23+/m1/s1. The molecule has 0 spiro atoms. The van der Waals surface area contributed by atoms with Crippen molar-refractivity contribution in [2.24, 2.45) is 5.92 Å². The van der Waals surface area contributed by atoms with Crippen molar-refractivity contribution >= 4 is 40.6 Å². The number of benzene rings is 3. The summed E-state index contributed by atoms with van der Waals surface area (Å²) >= 11 is 0. The van der Waals surface area contributed by atoms with E-state index in [4.69, 9.17) is 9.47 Å². The van der Waals surface area contributed by atoms with Crippen LogP contribution in [0.4, 0.5) is 4.79 Å². The minimum atomic E-state index is -0.987. The third kappa shape index (κ3) is 7.51. The number of ketones is 1. The predicted molar refractivity (Wildman–Crippen MR) is 176 cm³/mol. The number of rotatable bonds is 12. The van der Waals surface area contributed by atoms with E-state index in [1.54, 1.807) is 19.2 Å². The van der Waals surface area contributed by atoms with Crippen LogP contribution in [0.3, 0.4) is 0 Å². The lowest BCUT2D eigenvalue weighted by atomic mass is 9.98. The molecule has 0 fully saturated rings. The van der Waals surface area contributed by atoms with Gasteiger partial charge >= 0.3 is 12.1 Å². The molecule has 1 aromatic heterocycles. The molecule has 0 radical (unpaired) electrons. The summed E-state index contributed by atoms with van der Waals surface area (Å²) in [5.41, 5.74) is 5.18. The SMILES string of the molecule is C[C@H](CC(=O)[C@H](C)NC(=O)OCC1c2ccccc2-c2ccccc21)C(=O)N[C@@H](C)C(=O)N[C@@H](C)C(=O)Oc1c[nH]c2ccccc12. The monoisotopic (exact) mass is 638 g/mol. The highest BCUT2D eigenvalue weighted by molar-refractivity contribution is 5.95. The van der Waals surface area contributed by atoms with Gasteiger partial charge in [0.1, 0.15) is 18.7 Å². The van der Waals surface area contributed by atoms with Crippen LogP contribution in [-0.2, 0) is 23.9 Å². The molecular weight excluding hydrogens is 600 g/mol. The fourth-order valence-electron chi connectivity index (χ4n) is 5.61. The molecule has 47 heavy (non-hydrogen) atoms. The molecule has 1 aliphatic rings. The zero-order valence-corrected chi connectivity index (χ0v) is 26.7. The van der Waals surface area contributed by atoms with Gasteiger partial charge in [-0.25, -0.2) is 9.59 Å². The maximum atomic E-state index is 12.9. The zero-order valence-electron chi connectivity index (χ0n) is 26.7. The van der Waals surface area contributed by atoms with Crippen molar-refractivity contribution in [1.29, 1.82) is 0 Å². The molecule has 4 N–H and O–H groups in total. The van der Waals surface area contributed by atoms with Crippen LogP contribution in [-0.4, -0.2) is 59.4 Å². The molecule has 3 amide bonds. The van der Waals surface area contributed by atoms with E-state index in [1.807, 2.05) is 66.7 Å². The van der Waals surface area contributed by atoms with Crippen LogP contribution in [0.15, 0.2) is 79.0 Å². The molecule has 0 bridgehead atoms. The number of hydrogen-bond donors (Lipinski definition) is 4. The summed E-state index contributed by atoms with van der Waals surface area (Å²) in [6.07, 6.45) is 0.669. The Balaban J connectivity index is 1.04. The van der Waals surface area contributed by atoms with Gasteiger partial charge in [-0.3, -0.25) is 14.4 Å². The smallest absolute Gasteiger partial charge is 0.407 e. The second kappa shape index (κ2) is 14.3. The summed E-state index contributed by atoms with van der Waals surface area (Å²) in [7, 11) is 0. The van der Waals surface area contributed by atoms with Gasteiger partial charge in [-0.2, -0.15) is 0 Å². The van der Waals surface area contributed by atoms with Crippen molar-refractivity contribution in [2.75, 3.05) is 6.61 Å². The summed E-state index contributed by atoms with van der Waals surface area (Å²) in [6.45, 7) is 6.15. The minimum Gasteiger partial charge on any atom is -0.449 e. The average molecular weight is 639 g/mol. The number of fused-ring (bicyclic) bond motifs is 4. The van der Waals surface area contributed by atoms with Gasteiger partial charge in [-0.15, -0.1) is 0 Å². The van der Waals surface area contributed by atoms with Crippen LogP contribution in [0, 0.1) is 5.92 Å². The number of aromatic amines is 1. The van der Waals surface area contributed by atoms with Gasteiger partial charge in [0.05, 0.1) is 6.04 Å². The number of esters is 1. The van der Waals surface area contributed by atoms with E-state index >= 15 is 0 Å². The average Bonchev–Trinajstić information content (AvgIpc) is 3.62. The molecule has 0 unspecified atom stereocenters. The highest BCUT2D eigenvalue weighted by Gasteiger charge is 2.30. The quantitative estimate of drug-likeness (QED) is 0.165. The molecule has 3 aromatic carbocycles. The van der Waals surface area contributed by atoms with Gasteiger partial charge in [0.25, 0.3) is 0 Å². The van der Waals surface area contributed by atoms with Gasteiger partial charge in [-0.1, -0.05) is 67.6 Å². The number of aromatic nitrogens is 1. The molecule has 0 saturated carbocycles. The third-order valence-corrected chi connectivity index (χ3v) is 8.34. The van der Waals surface area contributed by atoms with Gasteiger partial charge in [-0.05, 0) is 55.2 Å². The van der Waals surface area contributed by atoms with Gasteiger partial charge in [0, 0.05) is 35.4 Å². The number of ether oxygens (including phenoxy) is 2. The first kappa shape index (κ1) is 32.9. The second-order valence-corrected chi connectivity index (χ2v) is 11.8. The van der Waals surface area contributed by atoms with Crippen molar-refractivity contribution in [3.63, 3.8) is 0 Å². The Morgan fingerprint density at radius 1 is 0.723 bits per heavy atom. The highest BCUT2D eigenvalue weighted by atomic mass is 16.5. The maximum Gasteiger partial charge on any atom is 0.407 e. The van der Waals surface area contributed by atoms with Crippen LogP contribution in [0.2, 0.25) is 0 Å². The Kier molecular flexibility index (Phi) is 10.0. The molecular formula is C36H38N4O7. The van der Waals surface area contributed by atoms with Crippen LogP contribution in [0.1, 0.15) is 51.2 Å². The van der Waals surface area contributed by atoms with Crippen LogP contribution >= 0.6 is 0 Å². The van der Waals surface area contributed by atoms with E-state index in [0.717, 1.165) is 33.2 Å². The first-order valence-electron chi connectivity index (χ1n) is 15.6. The predicted octanol–water partition coefficient (Wildman–Crippen LogP) is 4.61. The van der Waals surface area contributed by atoms with Crippen LogP contribution < -0.4 is 20.7 Å². The highest BCUT2D eigenvalue weighted by Crippen LogP contribution is 2.44. The minimum absolute atomic E-state index is 0.110. The van der Waals surface area contributed by atoms with Crippen molar-refractivity contribution in [1.82, 2.24) is 20.9 Å². The number of Topliss-reactive ketones (excluding diaryl/α,β-unsaturated/α-hetero) is 1. The van der Waals surface area contributed by atoms with Gasteiger partial charge in [0.15, 0.2) is 11.5 Å². The molecule has 4 aromatic rings. The Hall–Kier alpha value is -5.45. The Morgan fingerprint density at radius 2 is 1.32 bits per heavy atom. The van der Waals surface area contributed by atoms with Crippen molar-refractivity contribution in [2.45, 2.75) is 58.2 Å². The summed E-state index contributed by atoms with van der Waals surface area (Å²) < 4.78 is 11.0.